The Bertz CT molecular complexity index is 365. The molecule has 3 heteroatoms. The summed E-state index contributed by atoms with van der Waals surface area (Å²) in [5, 5.41) is 13.1. The Morgan fingerprint density at radius 1 is 1.44 bits per heavy atom. The summed E-state index contributed by atoms with van der Waals surface area (Å²) in [6.45, 7) is 2.86. The minimum absolute atomic E-state index is 0.123. The topological polar surface area (TPSA) is 58.3 Å². The van der Waals surface area contributed by atoms with Gasteiger partial charge < -0.3 is 16.2 Å². The van der Waals surface area contributed by atoms with Gasteiger partial charge in [0.2, 0.25) is 0 Å². The van der Waals surface area contributed by atoms with Crippen molar-refractivity contribution in [2.75, 3.05) is 17.6 Å². The third kappa shape index (κ3) is 2.47. The molecule has 2 rings (SSSR count). The van der Waals surface area contributed by atoms with E-state index >= 15 is 0 Å². The smallest absolute Gasteiger partial charge is 0.0585 e. The number of nitrogens with two attached hydrogens (primary N) is 1. The zero-order valence-corrected chi connectivity index (χ0v) is 9.74. The second kappa shape index (κ2) is 4.74. The Morgan fingerprint density at radius 2 is 2.25 bits per heavy atom. The third-order valence-electron chi connectivity index (χ3n) is 3.46. The van der Waals surface area contributed by atoms with Gasteiger partial charge in [0.25, 0.3) is 0 Å². The van der Waals surface area contributed by atoms with Crippen molar-refractivity contribution in [2.24, 2.45) is 5.92 Å². The van der Waals surface area contributed by atoms with Crippen molar-refractivity contribution in [1.29, 1.82) is 0 Å². The average Bonchev–Trinajstić information content (AvgIpc) is 2.66. The highest BCUT2D eigenvalue weighted by Gasteiger charge is 2.24. The van der Waals surface area contributed by atoms with Crippen LogP contribution >= 0.6 is 0 Å². The molecule has 3 nitrogen and oxygen atoms in total. The number of rotatable bonds is 3. The molecule has 0 aromatic heterocycles. The van der Waals surface area contributed by atoms with E-state index in [1.54, 1.807) is 0 Å². The van der Waals surface area contributed by atoms with Crippen molar-refractivity contribution >= 4 is 11.4 Å². The van der Waals surface area contributed by atoms with Crippen molar-refractivity contribution in [1.82, 2.24) is 0 Å². The lowest BCUT2D eigenvalue weighted by Gasteiger charge is -2.16. The summed E-state index contributed by atoms with van der Waals surface area (Å²) in [4.78, 5) is 0. The van der Waals surface area contributed by atoms with Gasteiger partial charge in [-0.1, -0.05) is 6.42 Å². The fourth-order valence-electron chi connectivity index (χ4n) is 2.29. The molecule has 1 aromatic rings. The van der Waals surface area contributed by atoms with Crippen LogP contribution in [0.4, 0.5) is 11.4 Å². The van der Waals surface area contributed by atoms with Crippen LogP contribution in [0.5, 0.6) is 0 Å². The number of nitrogens with one attached hydrogen (secondary N) is 1. The van der Waals surface area contributed by atoms with E-state index in [2.05, 4.69) is 11.4 Å². The molecule has 0 spiro atoms. The molecule has 0 aliphatic heterocycles. The van der Waals surface area contributed by atoms with Gasteiger partial charge >= 0.3 is 0 Å². The van der Waals surface area contributed by atoms with Crippen LogP contribution in [0.2, 0.25) is 0 Å². The summed E-state index contributed by atoms with van der Waals surface area (Å²) in [5.41, 5.74) is 8.77. The maximum Gasteiger partial charge on any atom is 0.0585 e. The Labute approximate surface area is 96.7 Å². The SMILES string of the molecule is Cc1cc(NCC2CCCC2O)ccc1N. The van der Waals surface area contributed by atoms with Gasteiger partial charge in [-0.25, -0.2) is 0 Å². The summed E-state index contributed by atoms with van der Waals surface area (Å²) in [7, 11) is 0. The Morgan fingerprint density at radius 3 is 2.88 bits per heavy atom. The van der Waals surface area contributed by atoms with E-state index in [1.807, 2.05) is 19.1 Å². The summed E-state index contributed by atoms with van der Waals surface area (Å²) < 4.78 is 0. The Hall–Kier alpha value is -1.22. The van der Waals surface area contributed by atoms with Crippen molar-refractivity contribution in [3.8, 4) is 0 Å². The van der Waals surface area contributed by atoms with E-state index in [0.717, 1.165) is 42.7 Å². The first-order valence-electron chi connectivity index (χ1n) is 5.95. The molecule has 0 heterocycles. The molecule has 0 bridgehead atoms. The van der Waals surface area contributed by atoms with E-state index in [-0.39, 0.29) is 6.10 Å². The summed E-state index contributed by atoms with van der Waals surface area (Å²) >= 11 is 0. The second-order valence-corrected chi connectivity index (χ2v) is 4.71. The zero-order valence-electron chi connectivity index (χ0n) is 9.74. The molecule has 0 saturated heterocycles. The molecule has 16 heavy (non-hydrogen) atoms. The van der Waals surface area contributed by atoms with E-state index in [4.69, 9.17) is 5.73 Å². The largest absolute Gasteiger partial charge is 0.399 e. The minimum Gasteiger partial charge on any atom is -0.399 e. The van der Waals surface area contributed by atoms with Gasteiger partial charge in [0.05, 0.1) is 6.10 Å². The van der Waals surface area contributed by atoms with Crippen molar-refractivity contribution in [3.05, 3.63) is 23.8 Å². The van der Waals surface area contributed by atoms with Crippen LogP contribution in [0, 0.1) is 12.8 Å². The first kappa shape index (κ1) is 11.3. The molecule has 1 fully saturated rings. The number of benzene rings is 1. The van der Waals surface area contributed by atoms with Crippen LogP contribution in [-0.2, 0) is 0 Å². The quantitative estimate of drug-likeness (QED) is 0.684. The van der Waals surface area contributed by atoms with Gasteiger partial charge in [0, 0.05) is 23.8 Å². The monoisotopic (exact) mass is 220 g/mol. The number of nitrogen functional groups attached to an aromatic ring is 1. The fraction of sp³-hybridized carbons (Fsp3) is 0.538. The molecule has 0 amide bonds. The van der Waals surface area contributed by atoms with E-state index < -0.39 is 0 Å². The fourth-order valence-corrected chi connectivity index (χ4v) is 2.29. The molecule has 2 unspecified atom stereocenters. The van der Waals surface area contributed by atoms with Crippen molar-refractivity contribution in [3.63, 3.8) is 0 Å². The third-order valence-corrected chi connectivity index (χ3v) is 3.46. The standard InChI is InChI=1S/C13H20N2O/c1-9-7-11(5-6-12(9)14)15-8-10-3-2-4-13(10)16/h5-7,10,13,15-16H,2-4,8,14H2,1H3. The van der Waals surface area contributed by atoms with E-state index in [9.17, 15) is 5.11 Å². The number of aryl methyl sites for hydroxylation is 1. The minimum atomic E-state index is -0.123. The zero-order chi connectivity index (χ0) is 11.5. The van der Waals surface area contributed by atoms with Crippen LogP contribution < -0.4 is 11.1 Å². The summed E-state index contributed by atoms with van der Waals surface area (Å²) in [6, 6.07) is 5.96. The lowest BCUT2D eigenvalue weighted by molar-refractivity contribution is 0.138. The van der Waals surface area contributed by atoms with Gasteiger partial charge in [0.15, 0.2) is 0 Å². The summed E-state index contributed by atoms with van der Waals surface area (Å²) in [6.07, 6.45) is 3.10. The molecule has 1 aromatic carbocycles. The van der Waals surface area contributed by atoms with Crippen LogP contribution in [0.1, 0.15) is 24.8 Å². The van der Waals surface area contributed by atoms with Gasteiger partial charge in [-0.3, -0.25) is 0 Å². The highest BCUT2D eigenvalue weighted by atomic mass is 16.3. The Balaban J connectivity index is 1.91. The number of aliphatic hydroxyl groups excluding tert-OH is 1. The highest BCUT2D eigenvalue weighted by Crippen LogP contribution is 2.26. The van der Waals surface area contributed by atoms with Crippen LogP contribution in [-0.4, -0.2) is 17.8 Å². The Kier molecular flexibility index (Phi) is 3.34. The lowest BCUT2D eigenvalue weighted by Crippen LogP contribution is -2.21. The molecule has 88 valence electrons. The maximum absolute atomic E-state index is 9.71. The summed E-state index contributed by atoms with van der Waals surface area (Å²) in [5.74, 6) is 0.401. The van der Waals surface area contributed by atoms with E-state index in [0.29, 0.717) is 5.92 Å². The first-order valence-corrected chi connectivity index (χ1v) is 5.95. The van der Waals surface area contributed by atoms with Crippen molar-refractivity contribution < 1.29 is 5.11 Å². The van der Waals surface area contributed by atoms with Gasteiger partial charge in [-0.15, -0.1) is 0 Å². The molecule has 4 N–H and O–H groups in total. The molecular weight excluding hydrogens is 200 g/mol. The lowest BCUT2D eigenvalue weighted by atomic mass is 10.1. The maximum atomic E-state index is 9.71. The number of anilines is 2. The highest BCUT2D eigenvalue weighted by molar-refractivity contribution is 5.56. The number of aliphatic hydroxyl groups is 1. The normalized spacial score (nSPS) is 24.6. The average molecular weight is 220 g/mol. The molecule has 0 radical (unpaired) electrons. The molecule has 1 saturated carbocycles. The molecule has 1 aliphatic carbocycles. The second-order valence-electron chi connectivity index (χ2n) is 4.71. The van der Waals surface area contributed by atoms with Crippen LogP contribution in [0.3, 0.4) is 0 Å². The predicted molar refractivity (Wildman–Crippen MR) is 67.4 cm³/mol. The van der Waals surface area contributed by atoms with Gasteiger partial charge in [-0.05, 0) is 43.5 Å². The van der Waals surface area contributed by atoms with Crippen LogP contribution in [0.15, 0.2) is 18.2 Å². The molecular formula is C13H20N2O. The number of hydrogen-bond donors (Lipinski definition) is 3. The predicted octanol–water partition coefficient (Wildman–Crippen LogP) is 2.15. The van der Waals surface area contributed by atoms with E-state index in [1.165, 1.54) is 0 Å². The molecule has 2 atom stereocenters. The van der Waals surface area contributed by atoms with Gasteiger partial charge in [0.1, 0.15) is 0 Å². The van der Waals surface area contributed by atoms with Crippen molar-refractivity contribution in [2.45, 2.75) is 32.3 Å². The molecule has 1 aliphatic rings. The first-order chi connectivity index (χ1) is 7.66. The van der Waals surface area contributed by atoms with Crippen LogP contribution in [0.25, 0.3) is 0 Å². The van der Waals surface area contributed by atoms with Gasteiger partial charge in [-0.2, -0.15) is 0 Å². The number of hydrogen-bond acceptors (Lipinski definition) is 3.